The zero-order valence-electron chi connectivity index (χ0n) is 62.2. The standard InChI is InChI=1S/C65H34F68P2/c66-34(67,38(74,75)42(82,83)46(90,91)50(98,99)54(106,107)58(114,115)62(122,123)124)21-17-26-1-9-30(10-2-26)134(31-11-3-27(4-12-31)18-22-35(68,69)39(76,77)43(84,85)47(92,93)51(100,101)55(108,109)59(116,117)63(125,126)127)25-135(32-13-5-28(6-14-32)19-23-36(70,71)40(78,79)44(86,87)48(94,95)52(102,103)56(110,111)60(118,119)64(128,129)130)33-15-7-29(8-16-33)20-24-37(72,73)41(80,81)45(88,89)49(96,97)53(104,105)57(112,113)61(120,121)65(131,132)133/h1-16H,17-25H2. The quantitative estimate of drug-likeness (QED) is 0.0306. The van der Waals surface area contributed by atoms with E-state index in [0.717, 1.165) is 0 Å². The number of alkyl halides is 68. The van der Waals surface area contributed by atoms with Crippen LogP contribution in [0, 0.1) is 0 Å². The third-order valence-electron chi connectivity index (χ3n) is 19.3. The minimum atomic E-state index is -9.21. The van der Waals surface area contributed by atoms with Crippen LogP contribution in [0.5, 0.6) is 0 Å². The summed E-state index contributed by atoms with van der Waals surface area (Å²) in [4.78, 5) is 0. The molecule has 0 aromatic heterocycles. The minimum absolute atomic E-state index is 0.104. The van der Waals surface area contributed by atoms with Gasteiger partial charge in [-0.3, -0.25) is 0 Å². The molecular weight excluding hydrogens is 2130 g/mol. The van der Waals surface area contributed by atoms with Gasteiger partial charge in [-0.25, -0.2) is 0 Å². The van der Waals surface area contributed by atoms with Crippen molar-refractivity contribution >= 4 is 37.1 Å². The molecule has 4 rings (SSSR count). The fraction of sp³-hybridized carbons (Fsp3) is 0.631. The van der Waals surface area contributed by atoms with Gasteiger partial charge in [0, 0.05) is 31.6 Å². The summed E-state index contributed by atoms with van der Waals surface area (Å²) >= 11 is 0. The summed E-state index contributed by atoms with van der Waals surface area (Å²) in [5.41, 5.74) is -5.17. The first-order valence-corrected chi connectivity index (χ1v) is 36.5. The average Bonchev–Trinajstić information content (AvgIpc) is 0.705. The van der Waals surface area contributed by atoms with Crippen LogP contribution < -0.4 is 21.2 Å². The van der Waals surface area contributed by atoms with E-state index in [1.807, 2.05) is 0 Å². The maximum Gasteiger partial charge on any atom is 0.460 e. The number of hydrogen-bond acceptors (Lipinski definition) is 0. The molecule has 4 aromatic carbocycles. The highest BCUT2D eigenvalue weighted by Crippen LogP contribution is 2.71. The molecule has 0 bridgehead atoms. The van der Waals surface area contributed by atoms with Crippen molar-refractivity contribution < 1.29 is 299 Å². The van der Waals surface area contributed by atoms with Crippen LogP contribution in [0.15, 0.2) is 97.1 Å². The Labute approximate surface area is 702 Å². The number of benzene rings is 4. The molecule has 0 atom stereocenters. The molecule has 4 aromatic rings. The minimum Gasteiger partial charge on any atom is -0.200 e. The predicted molar refractivity (Wildman–Crippen MR) is 319 cm³/mol. The molecule has 0 radical (unpaired) electrons. The van der Waals surface area contributed by atoms with Crippen LogP contribution in [-0.2, 0) is 25.7 Å². The zero-order chi connectivity index (χ0) is 107. The van der Waals surface area contributed by atoms with Gasteiger partial charge in [-0.1, -0.05) is 97.1 Å². The average molecular weight is 2170 g/mol. The predicted octanol–water partition coefficient (Wildman–Crippen LogP) is 29.0. The molecule has 0 spiro atoms. The van der Waals surface area contributed by atoms with Gasteiger partial charge in [-0.05, 0) is 85.0 Å². The zero-order valence-corrected chi connectivity index (χ0v) is 64.0. The van der Waals surface area contributed by atoms with E-state index in [0.29, 0.717) is 0 Å². The summed E-state index contributed by atoms with van der Waals surface area (Å²) in [7, 11) is -6.58. The van der Waals surface area contributed by atoms with E-state index in [1.165, 1.54) is 0 Å². The number of halogens is 68. The van der Waals surface area contributed by atoms with E-state index < -0.39 is 307 Å². The Morgan fingerprint density at radius 1 is 0.126 bits per heavy atom. The van der Waals surface area contributed by atoms with Gasteiger partial charge in [0.25, 0.3) is 0 Å². The van der Waals surface area contributed by atoms with Crippen LogP contribution in [0.3, 0.4) is 0 Å². The highest BCUT2D eigenvalue weighted by Gasteiger charge is 3.00. The largest absolute Gasteiger partial charge is 0.460 e. The fourth-order valence-electron chi connectivity index (χ4n) is 10.8. The van der Waals surface area contributed by atoms with E-state index >= 15 is 35.1 Å². The molecule has 0 saturated carbocycles. The molecule has 0 heterocycles. The molecule has 780 valence electrons. The van der Waals surface area contributed by atoms with Gasteiger partial charge in [0.2, 0.25) is 0 Å². The first-order chi connectivity index (χ1) is 58.7. The maximum absolute atomic E-state index is 15.2. The lowest BCUT2D eigenvalue weighted by atomic mass is 9.87. The SMILES string of the molecule is FC(F)(F)C(F)(F)C(F)(F)C(F)(F)C(F)(F)C(F)(F)C(F)(F)C(F)(F)CCc1ccc(P(CP(c2ccc(CCC(F)(F)C(F)(F)C(F)(F)C(F)(F)C(F)(F)C(F)(F)C(F)(F)C(F)(F)F)cc2)c2ccc(CCC(F)(F)C(F)(F)C(F)(F)C(F)(F)C(F)(F)C(F)(F)C(F)(F)C(F)(F)F)cc2)c2ccc(CCC(F)(F)C(F)(F)C(F)(F)C(F)(F)C(F)(F)C(F)(F)C(F)(F)C(F)(F)F)cc2)cc1. The second kappa shape index (κ2) is 35.0. The molecule has 0 amide bonds. The highest BCUT2D eigenvalue weighted by atomic mass is 31.2. The second-order valence-corrected chi connectivity index (χ2v) is 33.2. The van der Waals surface area contributed by atoms with Gasteiger partial charge in [-0.2, -0.15) is 299 Å². The molecule has 0 aliphatic heterocycles. The van der Waals surface area contributed by atoms with E-state index in [1.54, 1.807) is 0 Å². The van der Waals surface area contributed by atoms with Crippen molar-refractivity contribution in [3.05, 3.63) is 119 Å². The van der Waals surface area contributed by atoms with Crippen molar-refractivity contribution in [1.29, 1.82) is 0 Å². The monoisotopic (exact) mass is 2170 g/mol. The van der Waals surface area contributed by atoms with Crippen LogP contribution in [0.25, 0.3) is 0 Å². The summed E-state index contributed by atoms with van der Waals surface area (Å²) in [6.45, 7) is 0. The summed E-state index contributed by atoms with van der Waals surface area (Å²) < 4.78 is 957. The Kier molecular flexibility index (Phi) is 31.2. The summed E-state index contributed by atoms with van der Waals surface area (Å²) in [5.74, 6) is -244. The van der Waals surface area contributed by atoms with Crippen molar-refractivity contribution in [2.75, 3.05) is 5.90 Å². The van der Waals surface area contributed by atoms with Crippen molar-refractivity contribution in [2.45, 2.75) is 242 Å². The molecular formula is C65H34F68P2. The van der Waals surface area contributed by atoms with Gasteiger partial charge < -0.3 is 0 Å². The maximum atomic E-state index is 15.2. The lowest BCUT2D eigenvalue weighted by Gasteiger charge is -2.42. The lowest BCUT2D eigenvalue weighted by molar-refractivity contribution is -0.461. The van der Waals surface area contributed by atoms with E-state index in [2.05, 4.69) is 0 Å². The van der Waals surface area contributed by atoms with Gasteiger partial charge in [-0.15, -0.1) is 0 Å². The number of rotatable bonds is 42. The molecule has 0 aliphatic carbocycles. The molecule has 0 unspecified atom stereocenters. The van der Waals surface area contributed by atoms with Crippen molar-refractivity contribution in [3.63, 3.8) is 0 Å². The smallest absolute Gasteiger partial charge is 0.200 e. The number of aryl methyl sites for hydroxylation is 4. The van der Waals surface area contributed by atoms with Crippen molar-refractivity contribution in [2.24, 2.45) is 0 Å². The normalized spacial score (nSPS) is 16.1. The van der Waals surface area contributed by atoms with Crippen LogP contribution in [0.4, 0.5) is 299 Å². The fourth-order valence-corrected chi connectivity index (χ4v) is 17.1. The Morgan fingerprint density at radius 3 is 0.326 bits per heavy atom. The number of hydrogen-bond donors (Lipinski definition) is 0. The van der Waals surface area contributed by atoms with Gasteiger partial charge in [0.05, 0.1) is 0 Å². The molecule has 135 heavy (non-hydrogen) atoms. The van der Waals surface area contributed by atoms with Gasteiger partial charge in [0.1, 0.15) is 0 Å². The first kappa shape index (κ1) is 120. The first-order valence-electron chi connectivity index (χ1n) is 33.5. The topological polar surface area (TPSA) is 0 Å². The molecule has 0 fully saturated rings. The van der Waals surface area contributed by atoms with Crippen LogP contribution in [0.2, 0.25) is 0 Å². The molecule has 0 N–H and O–H groups in total. The summed E-state index contributed by atoms with van der Waals surface area (Å²) in [5, 5.41) is -3.40. The second-order valence-electron chi connectivity index (χ2n) is 28.3. The molecule has 0 saturated heterocycles. The van der Waals surface area contributed by atoms with Crippen molar-refractivity contribution in [3.8, 4) is 0 Å². The summed E-state index contributed by atoms with van der Waals surface area (Å²) in [6.07, 6.45) is -55.4. The Balaban J connectivity index is 2.07. The van der Waals surface area contributed by atoms with Crippen LogP contribution in [-0.4, -0.2) is 196 Å². The van der Waals surface area contributed by atoms with E-state index in [9.17, 15) is 263 Å². The van der Waals surface area contributed by atoms with Crippen LogP contribution >= 0.6 is 15.8 Å². The third-order valence-corrected chi connectivity index (χ3v) is 25.3. The molecule has 0 aliphatic rings. The van der Waals surface area contributed by atoms with E-state index in [4.69, 9.17) is 0 Å². The van der Waals surface area contributed by atoms with Gasteiger partial charge in [0.15, 0.2) is 0 Å². The Morgan fingerprint density at radius 2 is 0.222 bits per heavy atom. The molecule has 0 nitrogen and oxygen atoms in total. The third kappa shape index (κ3) is 18.3. The van der Waals surface area contributed by atoms with E-state index in [-0.39, 0.29) is 97.1 Å². The highest BCUT2D eigenvalue weighted by molar-refractivity contribution is 7.88. The lowest BCUT2D eigenvalue weighted by Crippen LogP contribution is -2.74. The van der Waals surface area contributed by atoms with Crippen LogP contribution in [0.1, 0.15) is 47.9 Å². The van der Waals surface area contributed by atoms with Crippen molar-refractivity contribution in [1.82, 2.24) is 0 Å². The molecule has 70 heteroatoms. The Hall–Kier alpha value is -7.02. The van der Waals surface area contributed by atoms with Gasteiger partial charge >= 0.3 is 191 Å². The summed E-state index contributed by atoms with van der Waals surface area (Å²) in [6, 6.07) is 2.94. The Bertz CT molecular complexity index is 4100.